The summed E-state index contributed by atoms with van der Waals surface area (Å²) in [5.41, 5.74) is 4.78. The Hall–Kier alpha value is -1.34. The Balaban J connectivity index is 2.72. The van der Waals surface area contributed by atoms with Gasteiger partial charge in [0, 0.05) is 0 Å². The number of rotatable bonds is 6. The van der Waals surface area contributed by atoms with Crippen molar-refractivity contribution >= 4 is 15.9 Å². The fourth-order valence-electron chi connectivity index (χ4n) is 1.54. The van der Waals surface area contributed by atoms with Crippen LogP contribution in [0.2, 0.25) is 0 Å². The van der Waals surface area contributed by atoms with E-state index in [4.69, 9.17) is 5.73 Å². The molecule has 0 spiro atoms. The minimum atomic E-state index is -4.41. The first kappa shape index (κ1) is 16.7. The van der Waals surface area contributed by atoms with Gasteiger partial charge in [0.1, 0.15) is 0 Å². The summed E-state index contributed by atoms with van der Waals surface area (Å²) in [6.45, 7) is 0.288. The van der Waals surface area contributed by atoms with Crippen molar-refractivity contribution in [2.24, 2.45) is 5.73 Å². The van der Waals surface area contributed by atoms with E-state index in [9.17, 15) is 21.6 Å². The molecule has 112 valence electrons. The summed E-state index contributed by atoms with van der Waals surface area (Å²) in [4.78, 5) is 0. The number of nitrogens with two attached hydrogens (primary N) is 1. The summed E-state index contributed by atoms with van der Waals surface area (Å²) in [6, 6.07) is 4.71. The highest BCUT2D eigenvalue weighted by Gasteiger charge is 2.30. The van der Waals surface area contributed by atoms with Crippen LogP contribution >= 0.6 is 0 Å². The van der Waals surface area contributed by atoms with Gasteiger partial charge in [0.25, 0.3) is 0 Å². The number of hydrogen-bond donors (Lipinski definition) is 1. The van der Waals surface area contributed by atoms with E-state index >= 15 is 0 Å². The molecule has 0 fully saturated rings. The smallest absolute Gasteiger partial charge is 0.330 e. The lowest BCUT2D eigenvalue weighted by atomic mass is 10.1. The molecule has 0 amide bonds. The van der Waals surface area contributed by atoms with E-state index < -0.39 is 21.6 Å². The molecule has 0 atom stereocenters. The van der Waals surface area contributed by atoms with E-state index in [0.29, 0.717) is 12.0 Å². The molecular formula is C13H16F3NO2S. The van der Waals surface area contributed by atoms with Crippen LogP contribution in [0.4, 0.5) is 13.2 Å². The van der Waals surface area contributed by atoms with Gasteiger partial charge in [-0.15, -0.1) is 0 Å². The second-order valence-electron chi connectivity index (χ2n) is 4.28. The third-order valence-electron chi connectivity index (χ3n) is 2.53. The maximum Gasteiger partial charge on any atom is 0.416 e. The molecule has 0 aliphatic rings. The maximum atomic E-state index is 12.5. The Labute approximate surface area is 116 Å². The predicted octanol–water partition coefficient (Wildman–Crippen LogP) is 2.48. The van der Waals surface area contributed by atoms with E-state index in [-0.39, 0.29) is 18.1 Å². The van der Waals surface area contributed by atoms with Crippen LogP contribution in [-0.2, 0) is 16.0 Å². The summed E-state index contributed by atoms with van der Waals surface area (Å²) in [5, 5.41) is 0. The zero-order valence-corrected chi connectivity index (χ0v) is 11.5. The van der Waals surface area contributed by atoms with Gasteiger partial charge < -0.3 is 5.73 Å². The van der Waals surface area contributed by atoms with Crippen molar-refractivity contribution in [2.75, 3.05) is 18.1 Å². The normalized spacial score (nSPS) is 13.0. The number of hydrogen-bond acceptors (Lipinski definition) is 3. The van der Waals surface area contributed by atoms with Crippen molar-refractivity contribution < 1.29 is 21.6 Å². The number of halogens is 3. The van der Waals surface area contributed by atoms with Gasteiger partial charge in [-0.3, -0.25) is 0 Å². The lowest BCUT2D eigenvalue weighted by molar-refractivity contribution is -0.137. The highest BCUT2D eigenvalue weighted by Crippen LogP contribution is 2.29. The second-order valence-corrected chi connectivity index (χ2v) is 6.51. The molecule has 0 heterocycles. The van der Waals surface area contributed by atoms with Crippen LogP contribution in [0.3, 0.4) is 0 Å². The Morgan fingerprint density at radius 2 is 1.95 bits per heavy atom. The maximum absolute atomic E-state index is 12.5. The number of benzene rings is 1. The van der Waals surface area contributed by atoms with Gasteiger partial charge in [-0.1, -0.05) is 24.3 Å². The molecule has 1 aromatic carbocycles. The van der Waals surface area contributed by atoms with Gasteiger partial charge in [-0.25, -0.2) is 8.42 Å². The second kappa shape index (κ2) is 6.90. The lowest BCUT2D eigenvalue weighted by Crippen LogP contribution is -2.13. The van der Waals surface area contributed by atoms with Crippen molar-refractivity contribution in [2.45, 2.75) is 12.6 Å². The highest BCUT2D eigenvalue weighted by molar-refractivity contribution is 7.91. The summed E-state index contributed by atoms with van der Waals surface area (Å²) in [6.07, 6.45) is -1.31. The van der Waals surface area contributed by atoms with Gasteiger partial charge in [0.2, 0.25) is 0 Å². The quantitative estimate of drug-likeness (QED) is 0.878. The monoisotopic (exact) mass is 307 g/mol. The van der Waals surface area contributed by atoms with Gasteiger partial charge in [0.05, 0.1) is 17.1 Å². The molecule has 0 saturated carbocycles. The minimum absolute atomic E-state index is 0.0174. The molecule has 1 rings (SSSR count). The molecular weight excluding hydrogens is 291 g/mol. The van der Waals surface area contributed by atoms with Crippen LogP contribution in [0.25, 0.3) is 6.08 Å². The first-order valence-electron chi connectivity index (χ1n) is 5.99. The molecule has 7 heteroatoms. The standard InChI is InChI=1S/C13H16F3NO2S/c14-13(15,16)12-6-1-4-11(10-12)5-2-8-20(18,19)9-3-7-17/h1-2,4-6,10H,3,7-9,17H2. The molecule has 0 radical (unpaired) electrons. The van der Waals surface area contributed by atoms with Gasteiger partial charge in [0.15, 0.2) is 9.84 Å². The Morgan fingerprint density at radius 3 is 2.55 bits per heavy atom. The molecule has 0 aliphatic heterocycles. The van der Waals surface area contributed by atoms with Crippen LogP contribution in [0.1, 0.15) is 17.5 Å². The fraction of sp³-hybridized carbons (Fsp3) is 0.385. The summed E-state index contributed by atoms with van der Waals surface area (Å²) >= 11 is 0. The zero-order valence-electron chi connectivity index (χ0n) is 10.7. The lowest BCUT2D eigenvalue weighted by Gasteiger charge is -2.06. The van der Waals surface area contributed by atoms with E-state index in [0.717, 1.165) is 12.1 Å². The summed E-state index contributed by atoms with van der Waals surface area (Å²) in [5.74, 6) is -0.223. The average molecular weight is 307 g/mol. The summed E-state index contributed by atoms with van der Waals surface area (Å²) in [7, 11) is -3.24. The van der Waals surface area contributed by atoms with E-state index in [1.807, 2.05) is 0 Å². The topological polar surface area (TPSA) is 60.2 Å². The van der Waals surface area contributed by atoms with Crippen molar-refractivity contribution in [3.05, 3.63) is 41.5 Å². The van der Waals surface area contributed by atoms with Crippen LogP contribution < -0.4 is 5.73 Å². The number of sulfone groups is 1. The van der Waals surface area contributed by atoms with Crippen LogP contribution in [-0.4, -0.2) is 26.5 Å². The van der Waals surface area contributed by atoms with Crippen molar-refractivity contribution in [1.29, 1.82) is 0 Å². The van der Waals surface area contributed by atoms with Gasteiger partial charge in [-0.2, -0.15) is 13.2 Å². The van der Waals surface area contributed by atoms with Gasteiger partial charge >= 0.3 is 6.18 Å². The molecule has 1 aromatic rings. The zero-order chi connectivity index (χ0) is 15.2. The Morgan fingerprint density at radius 1 is 1.25 bits per heavy atom. The molecule has 20 heavy (non-hydrogen) atoms. The fourth-order valence-corrected chi connectivity index (χ4v) is 2.70. The van der Waals surface area contributed by atoms with E-state index in [2.05, 4.69) is 0 Å². The largest absolute Gasteiger partial charge is 0.416 e. The first-order chi connectivity index (χ1) is 9.24. The molecule has 0 unspecified atom stereocenters. The summed E-state index contributed by atoms with van der Waals surface area (Å²) < 4.78 is 60.5. The number of alkyl halides is 3. The molecule has 0 aromatic heterocycles. The molecule has 3 nitrogen and oxygen atoms in total. The van der Waals surface area contributed by atoms with Crippen LogP contribution in [0.15, 0.2) is 30.3 Å². The predicted molar refractivity (Wildman–Crippen MR) is 72.8 cm³/mol. The molecule has 0 saturated heterocycles. The minimum Gasteiger partial charge on any atom is -0.330 e. The van der Waals surface area contributed by atoms with Crippen LogP contribution in [0.5, 0.6) is 0 Å². The van der Waals surface area contributed by atoms with E-state index in [1.165, 1.54) is 24.3 Å². The molecule has 2 N–H and O–H groups in total. The Bertz CT molecular complexity index is 565. The van der Waals surface area contributed by atoms with E-state index in [1.54, 1.807) is 0 Å². The molecule has 0 aliphatic carbocycles. The van der Waals surface area contributed by atoms with Crippen molar-refractivity contribution in [1.82, 2.24) is 0 Å². The average Bonchev–Trinajstić information content (AvgIpc) is 2.36. The van der Waals surface area contributed by atoms with Crippen LogP contribution in [0, 0.1) is 0 Å². The third kappa shape index (κ3) is 5.75. The SMILES string of the molecule is NCCCS(=O)(=O)CC=Cc1cccc(C(F)(F)F)c1. The third-order valence-corrected chi connectivity index (χ3v) is 4.14. The first-order valence-corrected chi connectivity index (χ1v) is 7.81. The van der Waals surface area contributed by atoms with Gasteiger partial charge in [-0.05, 0) is 30.7 Å². The van der Waals surface area contributed by atoms with Crippen molar-refractivity contribution in [3.63, 3.8) is 0 Å². The van der Waals surface area contributed by atoms with Crippen molar-refractivity contribution in [3.8, 4) is 0 Å². The molecule has 0 bridgehead atoms. The highest BCUT2D eigenvalue weighted by atomic mass is 32.2. The Kier molecular flexibility index (Phi) is 5.76.